The molecule has 0 atom stereocenters. The van der Waals surface area contributed by atoms with E-state index < -0.39 is 0 Å². The van der Waals surface area contributed by atoms with Crippen molar-refractivity contribution in [2.75, 3.05) is 0 Å². The zero-order chi connectivity index (χ0) is 9.30. The van der Waals surface area contributed by atoms with E-state index in [9.17, 15) is 4.39 Å². The van der Waals surface area contributed by atoms with Crippen molar-refractivity contribution in [3.63, 3.8) is 0 Å². The summed E-state index contributed by atoms with van der Waals surface area (Å²) in [6, 6.07) is 3.17. The molecule has 0 aliphatic rings. The number of benzene rings is 1. The van der Waals surface area contributed by atoms with Gasteiger partial charge in [-0.2, -0.15) is 0 Å². The maximum atomic E-state index is 13.0. The standard InChI is InChI=1S/C10H12ClF/c1-6(2)9-7(3)4-5-8(12)10(9)11/h4-6H,1-3H3. The molecule has 0 aliphatic carbocycles. The predicted octanol–water partition coefficient (Wildman–Crippen LogP) is 3.91. The van der Waals surface area contributed by atoms with Crippen molar-refractivity contribution >= 4 is 11.6 Å². The largest absolute Gasteiger partial charge is 0.205 e. The lowest BCUT2D eigenvalue weighted by atomic mass is 9.98. The summed E-state index contributed by atoms with van der Waals surface area (Å²) in [4.78, 5) is 0. The summed E-state index contributed by atoms with van der Waals surface area (Å²) in [6.07, 6.45) is 0. The molecule has 0 fully saturated rings. The number of hydrogen-bond acceptors (Lipinski definition) is 0. The van der Waals surface area contributed by atoms with Gasteiger partial charge >= 0.3 is 0 Å². The molecule has 0 aromatic heterocycles. The summed E-state index contributed by atoms with van der Waals surface area (Å²) in [5.41, 5.74) is 1.97. The van der Waals surface area contributed by atoms with Crippen molar-refractivity contribution in [3.8, 4) is 0 Å². The molecule has 1 aromatic rings. The fourth-order valence-corrected chi connectivity index (χ4v) is 1.80. The molecule has 66 valence electrons. The van der Waals surface area contributed by atoms with E-state index in [0.717, 1.165) is 11.1 Å². The number of halogens is 2. The molecule has 2 heteroatoms. The molecule has 1 aromatic carbocycles. The molecule has 0 nitrogen and oxygen atoms in total. The minimum atomic E-state index is -0.328. The third-order valence-corrected chi connectivity index (χ3v) is 2.31. The average molecular weight is 187 g/mol. The molecule has 0 unspecified atom stereocenters. The second kappa shape index (κ2) is 3.44. The van der Waals surface area contributed by atoms with Gasteiger partial charge in [-0.15, -0.1) is 0 Å². The van der Waals surface area contributed by atoms with Crippen LogP contribution in [0.5, 0.6) is 0 Å². The SMILES string of the molecule is Cc1ccc(F)c(Cl)c1C(C)C. The monoisotopic (exact) mass is 186 g/mol. The fourth-order valence-electron chi connectivity index (χ4n) is 1.37. The predicted molar refractivity (Wildman–Crippen MR) is 50.2 cm³/mol. The lowest BCUT2D eigenvalue weighted by Crippen LogP contribution is -1.95. The van der Waals surface area contributed by atoms with Gasteiger partial charge in [0.15, 0.2) is 0 Å². The maximum absolute atomic E-state index is 13.0. The summed E-state index contributed by atoms with van der Waals surface area (Å²) in [7, 11) is 0. The van der Waals surface area contributed by atoms with Gasteiger partial charge in [0.2, 0.25) is 0 Å². The van der Waals surface area contributed by atoms with Crippen LogP contribution < -0.4 is 0 Å². The Balaban J connectivity index is 3.33. The first kappa shape index (κ1) is 9.53. The van der Waals surface area contributed by atoms with E-state index in [4.69, 9.17) is 11.6 Å². The van der Waals surface area contributed by atoms with Crippen molar-refractivity contribution in [3.05, 3.63) is 34.1 Å². The second-order valence-corrected chi connectivity index (χ2v) is 3.62. The van der Waals surface area contributed by atoms with Gasteiger partial charge in [0, 0.05) is 0 Å². The van der Waals surface area contributed by atoms with Gasteiger partial charge in [-0.25, -0.2) is 4.39 Å². The normalized spacial score (nSPS) is 10.8. The average Bonchev–Trinajstić information content (AvgIpc) is 1.97. The summed E-state index contributed by atoms with van der Waals surface area (Å²) in [5.74, 6) is -0.0563. The van der Waals surface area contributed by atoms with E-state index in [1.54, 1.807) is 6.07 Å². The molecular weight excluding hydrogens is 175 g/mol. The van der Waals surface area contributed by atoms with Crippen LogP contribution in [0.15, 0.2) is 12.1 Å². The van der Waals surface area contributed by atoms with Crippen LogP contribution in [0.1, 0.15) is 30.9 Å². The topological polar surface area (TPSA) is 0 Å². The summed E-state index contributed by atoms with van der Waals surface area (Å²) < 4.78 is 13.0. The molecule has 1 rings (SSSR count). The Labute approximate surface area is 77.4 Å². The van der Waals surface area contributed by atoms with Crippen LogP contribution in [0, 0.1) is 12.7 Å². The van der Waals surface area contributed by atoms with E-state index in [2.05, 4.69) is 0 Å². The van der Waals surface area contributed by atoms with Crippen LogP contribution in [0.2, 0.25) is 5.02 Å². The van der Waals surface area contributed by atoms with E-state index in [-0.39, 0.29) is 16.8 Å². The van der Waals surface area contributed by atoms with Crippen LogP contribution in [-0.2, 0) is 0 Å². The maximum Gasteiger partial charge on any atom is 0.142 e. The van der Waals surface area contributed by atoms with Crippen LogP contribution in [-0.4, -0.2) is 0 Å². The van der Waals surface area contributed by atoms with Gasteiger partial charge in [0.1, 0.15) is 5.82 Å². The molecule has 0 bridgehead atoms. The first-order valence-electron chi connectivity index (χ1n) is 3.98. The van der Waals surface area contributed by atoms with E-state index in [1.165, 1.54) is 6.07 Å². The Bertz CT molecular complexity index is 292. The molecule has 0 saturated carbocycles. The molecule has 0 amide bonds. The number of hydrogen-bond donors (Lipinski definition) is 0. The molecule has 0 spiro atoms. The van der Waals surface area contributed by atoms with Gasteiger partial charge < -0.3 is 0 Å². The van der Waals surface area contributed by atoms with Crippen molar-refractivity contribution in [2.45, 2.75) is 26.7 Å². The lowest BCUT2D eigenvalue weighted by molar-refractivity contribution is 0.623. The lowest BCUT2D eigenvalue weighted by Gasteiger charge is -2.11. The van der Waals surface area contributed by atoms with Crippen molar-refractivity contribution < 1.29 is 4.39 Å². The highest BCUT2D eigenvalue weighted by Gasteiger charge is 2.11. The Morgan fingerprint density at radius 3 is 2.33 bits per heavy atom. The minimum Gasteiger partial charge on any atom is -0.205 e. The van der Waals surface area contributed by atoms with Gasteiger partial charge in [-0.3, -0.25) is 0 Å². The Morgan fingerprint density at radius 1 is 1.33 bits per heavy atom. The van der Waals surface area contributed by atoms with E-state index >= 15 is 0 Å². The highest BCUT2D eigenvalue weighted by Crippen LogP contribution is 2.29. The second-order valence-electron chi connectivity index (χ2n) is 3.25. The summed E-state index contributed by atoms with van der Waals surface area (Å²) in [5, 5.41) is 0.269. The molecule has 12 heavy (non-hydrogen) atoms. The van der Waals surface area contributed by atoms with Gasteiger partial charge in [-0.05, 0) is 30.0 Å². The number of rotatable bonds is 1. The van der Waals surface area contributed by atoms with Crippen LogP contribution in [0.25, 0.3) is 0 Å². The zero-order valence-corrected chi connectivity index (χ0v) is 8.24. The first-order valence-corrected chi connectivity index (χ1v) is 4.36. The van der Waals surface area contributed by atoms with Crippen LogP contribution in [0.3, 0.4) is 0 Å². The van der Waals surface area contributed by atoms with Gasteiger partial charge in [0.25, 0.3) is 0 Å². The molecule has 0 aliphatic heterocycles. The molecule has 0 heterocycles. The van der Waals surface area contributed by atoms with E-state index in [0.29, 0.717) is 0 Å². The van der Waals surface area contributed by atoms with Crippen molar-refractivity contribution in [1.82, 2.24) is 0 Å². The Hall–Kier alpha value is -0.560. The summed E-state index contributed by atoms with van der Waals surface area (Å²) >= 11 is 5.82. The molecular formula is C10H12ClF. The molecule has 0 saturated heterocycles. The smallest absolute Gasteiger partial charge is 0.142 e. The Kier molecular flexibility index (Phi) is 2.73. The fraction of sp³-hybridized carbons (Fsp3) is 0.400. The summed E-state index contributed by atoms with van der Waals surface area (Å²) in [6.45, 7) is 5.96. The molecule has 0 N–H and O–H groups in total. The quantitative estimate of drug-likeness (QED) is 0.624. The molecule has 0 radical (unpaired) electrons. The van der Waals surface area contributed by atoms with E-state index in [1.807, 2.05) is 20.8 Å². The number of aryl methyl sites for hydroxylation is 1. The van der Waals surface area contributed by atoms with Gasteiger partial charge in [-0.1, -0.05) is 31.5 Å². The van der Waals surface area contributed by atoms with Crippen LogP contribution in [0.4, 0.5) is 4.39 Å². The minimum absolute atomic E-state index is 0.269. The van der Waals surface area contributed by atoms with Gasteiger partial charge in [0.05, 0.1) is 5.02 Å². The van der Waals surface area contributed by atoms with Crippen molar-refractivity contribution in [2.24, 2.45) is 0 Å². The third kappa shape index (κ3) is 1.61. The highest BCUT2D eigenvalue weighted by atomic mass is 35.5. The third-order valence-electron chi connectivity index (χ3n) is 1.93. The Morgan fingerprint density at radius 2 is 1.92 bits per heavy atom. The zero-order valence-electron chi connectivity index (χ0n) is 7.49. The first-order chi connectivity index (χ1) is 5.54. The van der Waals surface area contributed by atoms with Crippen molar-refractivity contribution in [1.29, 1.82) is 0 Å². The van der Waals surface area contributed by atoms with Crippen LogP contribution >= 0.6 is 11.6 Å². The highest BCUT2D eigenvalue weighted by molar-refractivity contribution is 6.31.